The number of hydrogen-bond donors (Lipinski definition) is 0. The van der Waals surface area contributed by atoms with Gasteiger partial charge in [-0.3, -0.25) is 6.08 Å². The predicted molar refractivity (Wildman–Crippen MR) is 32.9 cm³/mol. The van der Waals surface area contributed by atoms with Gasteiger partial charge in [0.15, 0.2) is 0 Å². The van der Waals surface area contributed by atoms with E-state index in [1.54, 1.807) is 6.08 Å². The van der Waals surface area contributed by atoms with E-state index in [9.17, 15) is 0 Å². The second kappa shape index (κ2) is 7.84. The van der Waals surface area contributed by atoms with Crippen molar-refractivity contribution in [2.24, 2.45) is 5.92 Å². The molecule has 0 saturated heterocycles. The zero-order chi connectivity index (χ0) is 5.70. The Labute approximate surface area is 77.6 Å². The molecule has 8 heavy (non-hydrogen) atoms. The summed E-state index contributed by atoms with van der Waals surface area (Å²) < 4.78 is 0. The van der Waals surface area contributed by atoms with E-state index in [0.29, 0.717) is 5.92 Å². The molecule has 0 aromatic heterocycles. The Bertz CT molecular complexity index is 50.3. The summed E-state index contributed by atoms with van der Waals surface area (Å²) in [6, 6.07) is 0. The molecule has 0 aromatic carbocycles. The minimum atomic E-state index is 0. The van der Waals surface area contributed by atoms with Gasteiger partial charge in [-0.05, 0) is 0 Å². The van der Waals surface area contributed by atoms with Crippen LogP contribution in [0.2, 0.25) is 0 Å². The van der Waals surface area contributed by atoms with E-state index in [1.807, 2.05) is 0 Å². The molecule has 0 unspecified atom stereocenters. The standard InChI is InChI=1S/C7H13.Y/c1-4-6-7(3)5-2;/h2,5,7H,4,6H2,1,3H3;/q-1;/t7-;/m1./s1. The first-order valence-corrected chi connectivity index (χ1v) is 2.86. The molecule has 0 heterocycles. The number of hydrogen-bond acceptors (Lipinski definition) is 0. The van der Waals surface area contributed by atoms with Gasteiger partial charge in [0.05, 0.1) is 0 Å². The molecule has 0 aliphatic carbocycles. The van der Waals surface area contributed by atoms with Gasteiger partial charge in [0.1, 0.15) is 0 Å². The van der Waals surface area contributed by atoms with E-state index < -0.39 is 0 Å². The Morgan fingerprint density at radius 3 is 2.25 bits per heavy atom. The van der Waals surface area contributed by atoms with Gasteiger partial charge in [-0.1, -0.05) is 32.6 Å². The van der Waals surface area contributed by atoms with Crippen molar-refractivity contribution in [3.8, 4) is 0 Å². The van der Waals surface area contributed by atoms with Crippen LogP contribution in [0, 0.1) is 12.5 Å². The molecule has 0 spiro atoms. The smallest absolute Gasteiger partial charge is 0 e. The summed E-state index contributed by atoms with van der Waals surface area (Å²) in [5.41, 5.74) is 0. The molecule has 0 amide bonds. The third-order valence-corrected chi connectivity index (χ3v) is 1.07. The fourth-order valence-corrected chi connectivity index (χ4v) is 0.552. The van der Waals surface area contributed by atoms with E-state index in [0.717, 1.165) is 0 Å². The van der Waals surface area contributed by atoms with Gasteiger partial charge in [0, 0.05) is 32.7 Å². The normalized spacial score (nSPS) is 11.8. The van der Waals surface area contributed by atoms with Crippen molar-refractivity contribution >= 4 is 0 Å². The summed E-state index contributed by atoms with van der Waals surface area (Å²) in [7, 11) is 0. The van der Waals surface area contributed by atoms with Gasteiger partial charge in [0.25, 0.3) is 0 Å². The third kappa shape index (κ3) is 6.84. The molecule has 1 atom stereocenters. The van der Waals surface area contributed by atoms with Crippen LogP contribution >= 0.6 is 0 Å². The monoisotopic (exact) mass is 186 g/mol. The zero-order valence-electron chi connectivity index (χ0n) is 5.72. The third-order valence-electron chi connectivity index (χ3n) is 1.07. The minimum Gasteiger partial charge on any atom is -0.518 e. The summed E-state index contributed by atoms with van der Waals surface area (Å²) in [6.07, 6.45) is 4.20. The second-order valence-corrected chi connectivity index (χ2v) is 1.96. The Morgan fingerprint density at radius 2 is 2.12 bits per heavy atom. The molecule has 0 aromatic rings. The van der Waals surface area contributed by atoms with E-state index in [4.69, 9.17) is 6.58 Å². The van der Waals surface area contributed by atoms with Gasteiger partial charge in [-0.15, -0.1) is 0 Å². The van der Waals surface area contributed by atoms with Crippen LogP contribution in [0.25, 0.3) is 0 Å². The van der Waals surface area contributed by atoms with E-state index in [2.05, 4.69) is 13.8 Å². The van der Waals surface area contributed by atoms with Crippen molar-refractivity contribution in [1.29, 1.82) is 0 Å². The van der Waals surface area contributed by atoms with Crippen LogP contribution in [0.4, 0.5) is 0 Å². The van der Waals surface area contributed by atoms with Gasteiger partial charge in [-0.25, -0.2) is 0 Å². The van der Waals surface area contributed by atoms with Gasteiger partial charge in [0.2, 0.25) is 0 Å². The van der Waals surface area contributed by atoms with Crippen molar-refractivity contribution in [2.75, 3.05) is 0 Å². The largest absolute Gasteiger partial charge is 0.518 e. The van der Waals surface area contributed by atoms with Gasteiger partial charge in [-0.2, -0.15) is 0 Å². The Balaban J connectivity index is 0. The first kappa shape index (κ1) is 11.6. The molecular formula is C7H13Y-. The number of allylic oxidation sites excluding steroid dienone is 1. The first-order valence-electron chi connectivity index (χ1n) is 2.86. The quantitative estimate of drug-likeness (QED) is 0.593. The molecular weight excluding hydrogens is 173 g/mol. The average Bonchev–Trinajstić information content (AvgIpc) is 1.68. The topological polar surface area (TPSA) is 0 Å². The van der Waals surface area contributed by atoms with Crippen LogP contribution < -0.4 is 0 Å². The summed E-state index contributed by atoms with van der Waals surface area (Å²) in [6.45, 7) is 9.53. The van der Waals surface area contributed by atoms with Crippen LogP contribution in [0.15, 0.2) is 6.08 Å². The van der Waals surface area contributed by atoms with E-state index in [-0.39, 0.29) is 32.7 Å². The number of rotatable bonds is 3. The minimum absolute atomic E-state index is 0. The van der Waals surface area contributed by atoms with Crippen molar-refractivity contribution in [3.05, 3.63) is 12.7 Å². The second-order valence-electron chi connectivity index (χ2n) is 1.96. The molecule has 0 nitrogen and oxygen atoms in total. The summed E-state index contributed by atoms with van der Waals surface area (Å²) in [4.78, 5) is 0. The van der Waals surface area contributed by atoms with Crippen molar-refractivity contribution in [3.63, 3.8) is 0 Å². The SMILES string of the molecule is [CH-]=C[C@@H](C)CCC.[Y]. The van der Waals surface area contributed by atoms with Crippen LogP contribution in [0.5, 0.6) is 0 Å². The maximum atomic E-state index is 5.23. The molecule has 0 bridgehead atoms. The molecule has 1 heteroatoms. The zero-order valence-corrected chi connectivity index (χ0v) is 8.56. The fraction of sp³-hybridized carbons (Fsp3) is 0.714. The molecule has 0 fully saturated rings. The maximum Gasteiger partial charge on any atom is 0 e. The molecule has 0 aliphatic rings. The van der Waals surface area contributed by atoms with Gasteiger partial charge < -0.3 is 6.58 Å². The summed E-state index contributed by atoms with van der Waals surface area (Å²) >= 11 is 0. The first-order chi connectivity index (χ1) is 3.31. The predicted octanol–water partition coefficient (Wildman–Crippen LogP) is 2.41. The van der Waals surface area contributed by atoms with Crippen molar-refractivity contribution < 1.29 is 32.7 Å². The Kier molecular flexibility index (Phi) is 11.4. The fourth-order valence-electron chi connectivity index (χ4n) is 0.552. The maximum absolute atomic E-state index is 5.23. The van der Waals surface area contributed by atoms with Crippen molar-refractivity contribution in [2.45, 2.75) is 26.7 Å². The molecule has 0 aliphatic heterocycles. The summed E-state index contributed by atoms with van der Waals surface area (Å²) in [5, 5.41) is 0. The average molecular weight is 186 g/mol. The van der Waals surface area contributed by atoms with Crippen LogP contribution in [0.1, 0.15) is 26.7 Å². The Hall–Kier alpha value is 0.844. The van der Waals surface area contributed by atoms with Gasteiger partial charge >= 0.3 is 0 Å². The van der Waals surface area contributed by atoms with Crippen LogP contribution in [-0.4, -0.2) is 0 Å². The van der Waals surface area contributed by atoms with Crippen LogP contribution in [0.3, 0.4) is 0 Å². The molecule has 0 saturated carbocycles. The molecule has 1 radical (unpaired) electrons. The summed E-state index contributed by atoms with van der Waals surface area (Å²) in [5.74, 6) is 0.602. The molecule has 0 rings (SSSR count). The van der Waals surface area contributed by atoms with Crippen molar-refractivity contribution in [1.82, 2.24) is 0 Å². The molecule has 0 N–H and O–H groups in total. The Morgan fingerprint density at radius 1 is 1.62 bits per heavy atom. The van der Waals surface area contributed by atoms with E-state index in [1.165, 1.54) is 12.8 Å². The van der Waals surface area contributed by atoms with E-state index >= 15 is 0 Å². The molecule has 45 valence electrons. The van der Waals surface area contributed by atoms with Crippen LogP contribution in [-0.2, 0) is 32.7 Å².